The van der Waals surface area contributed by atoms with Gasteiger partial charge in [0.2, 0.25) is 0 Å². The standard InChI is InChI=1S/C25H28Cl2N4O2/c1-2-3-4-5-6-7-14-33-20-11-9-19(10-12-20)23-16-24(30-29-23)25(32)31-28-17-18-8-13-21(26)22(27)15-18/h8-13,15-17H,2-7,14H2,1H3,(H,29,30)(H,31,32). The van der Waals surface area contributed by atoms with Gasteiger partial charge < -0.3 is 4.74 Å². The van der Waals surface area contributed by atoms with E-state index in [1.807, 2.05) is 24.3 Å². The number of rotatable bonds is 12. The predicted octanol–water partition coefficient (Wildman–Crippen LogP) is 6.89. The lowest BCUT2D eigenvalue weighted by molar-refractivity contribution is 0.0950. The van der Waals surface area contributed by atoms with Crippen LogP contribution < -0.4 is 10.2 Å². The van der Waals surface area contributed by atoms with Gasteiger partial charge >= 0.3 is 0 Å². The van der Waals surface area contributed by atoms with Crippen LogP contribution in [0, 0.1) is 0 Å². The lowest BCUT2D eigenvalue weighted by atomic mass is 10.1. The number of nitrogens with one attached hydrogen (secondary N) is 2. The van der Waals surface area contributed by atoms with Gasteiger partial charge in [0.1, 0.15) is 11.4 Å². The molecule has 0 aliphatic carbocycles. The Balaban J connectivity index is 1.47. The minimum atomic E-state index is -0.399. The molecule has 0 fully saturated rings. The number of aromatic amines is 1. The lowest BCUT2D eigenvalue weighted by Gasteiger charge is -2.06. The Hall–Kier alpha value is -2.83. The van der Waals surface area contributed by atoms with E-state index < -0.39 is 5.91 Å². The third-order valence-electron chi connectivity index (χ3n) is 5.06. The highest BCUT2D eigenvalue weighted by atomic mass is 35.5. The van der Waals surface area contributed by atoms with Crippen LogP contribution in [0.15, 0.2) is 53.6 Å². The Morgan fingerprint density at radius 2 is 1.79 bits per heavy atom. The molecule has 0 bridgehead atoms. The van der Waals surface area contributed by atoms with Gasteiger partial charge in [0.15, 0.2) is 0 Å². The van der Waals surface area contributed by atoms with E-state index in [2.05, 4.69) is 27.6 Å². The number of unbranched alkanes of at least 4 members (excludes halogenated alkanes) is 5. The van der Waals surface area contributed by atoms with Crippen molar-refractivity contribution in [3.8, 4) is 17.0 Å². The zero-order valence-corrected chi connectivity index (χ0v) is 20.1. The van der Waals surface area contributed by atoms with Gasteiger partial charge in [-0.3, -0.25) is 9.89 Å². The van der Waals surface area contributed by atoms with E-state index in [0.717, 1.165) is 24.3 Å². The molecule has 2 N–H and O–H groups in total. The highest BCUT2D eigenvalue weighted by Crippen LogP contribution is 2.23. The molecule has 0 atom stereocenters. The van der Waals surface area contributed by atoms with Crippen molar-refractivity contribution in [3.05, 3.63) is 69.8 Å². The summed E-state index contributed by atoms with van der Waals surface area (Å²) in [6, 6.07) is 14.4. The van der Waals surface area contributed by atoms with Gasteiger partial charge in [0.25, 0.3) is 5.91 Å². The zero-order chi connectivity index (χ0) is 23.5. The minimum Gasteiger partial charge on any atom is -0.494 e. The maximum absolute atomic E-state index is 12.3. The van der Waals surface area contributed by atoms with Gasteiger partial charge in [0.05, 0.1) is 28.6 Å². The Kier molecular flexibility index (Phi) is 9.78. The van der Waals surface area contributed by atoms with E-state index in [1.54, 1.807) is 24.3 Å². The second-order valence-electron chi connectivity index (χ2n) is 7.68. The van der Waals surface area contributed by atoms with Crippen molar-refractivity contribution in [2.75, 3.05) is 6.61 Å². The average Bonchev–Trinajstić information content (AvgIpc) is 3.32. The Bertz CT molecular complexity index is 1060. The van der Waals surface area contributed by atoms with Crippen molar-refractivity contribution in [1.82, 2.24) is 15.6 Å². The van der Waals surface area contributed by atoms with Gasteiger partial charge in [0, 0.05) is 5.56 Å². The topological polar surface area (TPSA) is 79.4 Å². The summed E-state index contributed by atoms with van der Waals surface area (Å²) in [5.74, 6) is 0.432. The van der Waals surface area contributed by atoms with Crippen molar-refractivity contribution in [3.63, 3.8) is 0 Å². The summed E-state index contributed by atoms with van der Waals surface area (Å²) in [6.45, 7) is 2.95. The number of hydrogen-bond acceptors (Lipinski definition) is 4. The van der Waals surface area contributed by atoms with Crippen molar-refractivity contribution in [2.24, 2.45) is 5.10 Å². The molecule has 0 saturated heterocycles. The van der Waals surface area contributed by atoms with Crippen LogP contribution in [0.3, 0.4) is 0 Å². The molecule has 3 aromatic rings. The lowest BCUT2D eigenvalue weighted by Crippen LogP contribution is -2.18. The number of amides is 1. The number of benzene rings is 2. The van der Waals surface area contributed by atoms with E-state index in [9.17, 15) is 4.79 Å². The van der Waals surface area contributed by atoms with Crippen LogP contribution in [0.1, 0.15) is 61.5 Å². The Labute approximate surface area is 204 Å². The predicted molar refractivity (Wildman–Crippen MR) is 134 cm³/mol. The summed E-state index contributed by atoms with van der Waals surface area (Å²) in [5, 5.41) is 11.8. The summed E-state index contributed by atoms with van der Waals surface area (Å²) in [5.41, 5.74) is 5.03. The normalized spacial score (nSPS) is 11.1. The molecule has 33 heavy (non-hydrogen) atoms. The minimum absolute atomic E-state index is 0.305. The Morgan fingerprint density at radius 1 is 1.03 bits per heavy atom. The summed E-state index contributed by atoms with van der Waals surface area (Å²) in [6.07, 6.45) is 8.90. The molecule has 174 valence electrons. The number of aromatic nitrogens is 2. The molecule has 3 rings (SSSR count). The summed E-state index contributed by atoms with van der Waals surface area (Å²) in [4.78, 5) is 12.3. The molecule has 0 aliphatic heterocycles. The second-order valence-corrected chi connectivity index (χ2v) is 8.49. The molecule has 0 spiro atoms. The van der Waals surface area contributed by atoms with Crippen LogP contribution in [-0.2, 0) is 0 Å². The molecule has 2 aromatic carbocycles. The van der Waals surface area contributed by atoms with Crippen molar-refractivity contribution in [1.29, 1.82) is 0 Å². The molecular weight excluding hydrogens is 459 g/mol. The molecule has 1 amide bonds. The van der Waals surface area contributed by atoms with Crippen LogP contribution >= 0.6 is 23.2 Å². The SMILES string of the molecule is CCCCCCCCOc1ccc(-c2cc(C(=O)NN=Cc3ccc(Cl)c(Cl)c3)[nH]n2)cc1. The Morgan fingerprint density at radius 3 is 2.55 bits per heavy atom. The van der Waals surface area contributed by atoms with E-state index in [4.69, 9.17) is 27.9 Å². The first-order valence-corrected chi connectivity index (χ1v) is 11.9. The third-order valence-corrected chi connectivity index (χ3v) is 5.80. The molecule has 1 aromatic heterocycles. The molecule has 6 nitrogen and oxygen atoms in total. The summed E-state index contributed by atoms with van der Waals surface area (Å²) in [7, 11) is 0. The van der Waals surface area contributed by atoms with E-state index in [0.29, 0.717) is 27.0 Å². The van der Waals surface area contributed by atoms with E-state index in [1.165, 1.54) is 38.3 Å². The van der Waals surface area contributed by atoms with Crippen molar-refractivity contribution in [2.45, 2.75) is 45.4 Å². The first-order chi connectivity index (χ1) is 16.1. The zero-order valence-electron chi connectivity index (χ0n) is 18.6. The highest BCUT2D eigenvalue weighted by molar-refractivity contribution is 6.42. The van der Waals surface area contributed by atoms with Gasteiger partial charge in [-0.15, -0.1) is 0 Å². The molecule has 0 aliphatic rings. The fourth-order valence-electron chi connectivity index (χ4n) is 3.20. The van der Waals surface area contributed by atoms with Gasteiger partial charge in [-0.25, -0.2) is 5.43 Å². The first-order valence-electron chi connectivity index (χ1n) is 11.1. The number of carbonyl (C=O) groups is 1. The van der Waals surface area contributed by atoms with Crippen LogP contribution in [0.4, 0.5) is 0 Å². The van der Waals surface area contributed by atoms with Crippen LogP contribution in [0.2, 0.25) is 10.0 Å². The van der Waals surface area contributed by atoms with E-state index in [-0.39, 0.29) is 0 Å². The molecule has 0 radical (unpaired) electrons. The molecule has 0 saturated carbocycles. The quantitative estimate of drug-likeness (QED) is 0.166. The summed E-state index contributed by atoms with van der Waals surface area (Å²) < 4.78 is 5.82. The summed E-state index contributed by atoms with van der Waals surface area (Å²) >= 11 is 11.9. The number of nitrogens with zero attached hydrogens (tertiary/aromatic N) is 2. The first kappa shape index (κ1) is 24.8. The number of H-pyrrole nitrogens is 1. The number of hydrazone groups is 1. The number of halogens is 2. The third kappa shape index (κ3) is 7.91. The van der Waals surface area contributed by atoms with Crippen molar-refractivity contribution < 1.29 is 9.53 Å². The fraction of sp³-hybridized carbons (Fsp3) is 0.320. The van der Waals surface area contributed by atoms with Crippen LogP contribution in [0.5, 0.6) is 5.75 Å². The number of hydrogen-bond donors (Lipinski definition) is 2. The highest BCUT2D eigenvalue weighted by Gasteiger charge is 2.10. The average molecular weight is 487 g/mol. The van der Waals surface area contributed by atoms with Crippen molar-refractivity contribution >= 4 is 35.3 Å². The maximum Gasteiger partial charge on any atom is 0.289 e. The molecule has 1 heterocycles. The van der Waals surface area contributed by atoms with Crippen LogP contribution in [0.25, 0.3) is 11.3 Å². The second kappa shape index (κ2) is 13.0. The van der Waals surface area contributed by atoms with Gasteiger partial charge in [-0.05, 0) is 54.4 Å². The van der Waals surface area contributed by atoms with Crippen LogP contribution in [-0.4, -0.2) is 28.9 Å². The monoisotopic (exact) mass is 486 g/mol. The maximum atomic E-state index is 12.3. The number of ether oxygens (including phenoxy) is 1. The fourth-order valence-corrected chi connectivity index (χ4v) is 3.51. The van der Waals surface area contributed by atoms with E-state index >= 15 is 0 Å². The molecule has 0 unspecified atom stereocenters. The molecular formula is C25H28Cl2N4O2. The molecule has 8 heteroatoms. The number of carbonyl (C=O) groups excluding carboxylic acids is 1. The van der Waals surface area contributed by atoms with Gasteiger partial charge in [-0.2, -0.15) is 10.2 Å². The van der Waals surface area contributed by atoms with Gasteiger partial charge in [-0.1, -0.05) is 68.3 Å². The largest absolute Gasteiger partial charge is 0.494 e. The smallest absolute Gasteiger partial charge is 0.289 e.